The van der Waals surface area contributed by atoms with Gasteiger partial charge in [-0.2, -0.15) is 10.2 Å². The van der Waals surface area contributed by atoms with Gasteiger partial charge in [-0.05, 0) is 37.8 Å². The number of hydrogen-bond donors (Lipinski definition) is 2. The molecule has 2 atom stereocenters. The lowest BCUT2D eigenvalue weighted by molar-refractivity contribution is 0.0388. The third kappa shape index (κ3) is 2.85. The zero-order chi connectivity index (χ0) is 13.0. The first-order chi connectivity index (χ1) is 8.76. The van der Waals surface area contributed by atoms with Crippen LogP contribution in [0.5, 0.6) is 0 Å². The molecule has 0 saturated carbocycles. The van der Waals surface area contributed by atoms with E-state index in [1.54, 1.807) is 0 Å². The Morgan fingerprint density at radius 3 is 3.00 bits per heavy atom. The van der Waals surface area contributed by atoms with E-state index in [0.717, 1.165) is 43.9 Å². The highest BCUT2D eigenvalue weighted by Crippen LogP contribution is 2.29. The van der Waals surface area contributed by atoms with Crippen molar-refractivity contribution in [3.05, 3.63) is 23.0 Å². The molecule has 2 heterocycles. The van der Waals surface area contributed by atoms with Crippen LogP contribution in [0.25, 0.3) is 0 Å². The molecule has 1 aliphatic rings. The molecule has 0 amide bonds. The van der Waals surface area contributed by atoms with Gasteiger partial charge in [-0.3, -0.25) is 11.3 Å². The highest BCUT2D eigenvalue weighted by Gasteiger charge is 2.27. The lowest BCUT2D eigenvalue weighted by atomic mass is 9.88. The Morgan fingerprint density at radius 2 is 2.39 bits per heavy atom. The molecule has 0 bridgehead atoms. The summed E-state index contributed by atoms with van der Waals surface area (Å²) in [6.07, 6.45) is 3.11. The number of ether oxygens (including phenoxy) is 1. The van der Waals surface area contributed by atoms with Gasteiger partial charge in [0.1, 0.15) is 0 Å². The van der Waals surface area contributed by atoms with Crippen LogP contribution in [0, 0.1) is 12.8 Å². The van der Waals surface area contributed by atoms with Crippen LogP contribution >= 0.6 is 0 Å². The molecular formula is C13H22N4O. The van der Waals surface area contributed by atoms with Crippen molar-refractivity contribution in [2.24, 2.45) is 11.8 Å². The molecule has 0 aromatic carbocycles. The maximum atomic E-state index is 5.76. The van der Waals surface area contributed by atoms with E-state index in [2.05, 4.69) is 28.6 Å². The van der Waals surface area contributed by atoms with Crippen molar-refractivity contribution in [2.75, 3.05) is 13.2 Å². The molecule has 0 aliphatic carbocycles. The molecule has 0 spiro atoms. The summed E-state index contributed by atoms with van der Waals surface area (Å²) in [6, 6.07) is 2.19. The summed E-state index contributed by atoms with van der Waals surface area (Å²) in [5.41, 5.74) is 6.06. The lowest BCUT2D eigenvalue weighted by Crippen LogP contribution is -2.38. The highest BCUT2D eigenvalue weighted by molar-refractivity contribution is 5.25. The summed E-state index contributed by atoms with van der Waals surface area (Å²) in [5, 5.41) is 8.40. The fourth-order valence-electron chi connectivity index (χ4n) is 2.59. The van der Waals surface area contributed by atoms with Crippen molar-refractivity contribution < 1.29 is 4.74 Å². The Bertz CT molecular complexity index is 391. The van der Waals surface area contributed by atoms with E-state index in [-0.39, 0.29) is 6.04 Å². The van der Waals surface area contributed by atoms with E-state index in [1.165, 1.54) is 5.56 Å². The largest absolute Gasteiger partial charge is 0.381 e. The van der Waals surface area contributed by atoms with Crippen LogP contribution in [0.3, 0.4) is 0 Å². The average molecular weight is 250 g/mol. The number of aryl methyl sites for hydroxylation is 2. The average Bonchev–Trinajstić information content (AvgIpc) is 2.41. The molecule has 5 heteroatoms. The van der Waals surface area contributed by atoms with E-state index in [0.29, 0.717) is 5.92 Å². The molecule has 1 aromatic rings. The number of hydrazine groups is 1. The summed E-state index contributed by atoms with van der Waals surface area (Å²) < 4.78 is 5.56. The van der Waals surface area contributed by atoms with Crippen LogP contribution in [-0.2, 0) is 11.2 Å². The smallest absolute Gasteiger partial charge is 0.0676 e. The normalized spacial score (nSPS) is 21.8. The Balaban J connectivity index is 2.27. The quantitative estimate of drug-likeness (QED) is 0.622. The van der Waals surface area contributed by atoms with E-state index >= 15 is 0 Å². The molecule has 1 saturated heterocycles. The number of nitrogens with two attached hydrogens (primary N) is 1. The fourth-order valence-corrected chi connectivity index (χ4v) is 2.59. The minimum absolute atomic E-state index is 0.106. The molecular weight excluding hydrogens is 228 g/mol. The number of rotatable bonds is 4. The van der Waals surface area contributed by atoms with Gasteiger partial charge >= 0.3 is 0 Å². The summed E-state index contributed by atoms with van der Waals surface area (Å²) in [5.74, 6) is 6.17. The van der Waals surface area contributed by atoms with Crippen molar-refractivity contribution in [2.45, 2.75) is 39.2 Å². The molecule has 1 aliphatic heterocycles. The topological polar surface area (TPSA) is 73.1 Å². The van der Waals surface area contributed by atoms with Gasteiger partial charge in [-0.25, -0.2) is 0 Å². The summed E-state index contributed by atoms with van der Waals surface area (Å²) in [7, 11) is 0. The SMILES string of the molecule is CCc1nnc(C)cc1C(NN)C1CCCOC1. The van der Waals surface area contributed by atoms with Crippen molar-refractivity contribution in [3.63, 3.8) is 0 Å². The third-order valence-corrected chi connectivity index (χ3v) is 3.54. The van der Waals surface area contributed by atoms with Gasteiger partial charge in [0.05, 0.1) is 24.0 Å². The molecule has 2 rings (SSSR count). The minimum Gasteiger partial charge on any atom is -0.381 e. The van der Waals surface area contributed by atoms with Gasteiger partial charge < -0.3 is 4.74 Å². The molecule has 18 heavy (non-hydrogen) atoms. The van der Waals surface area contributed by atoms with E-state index in [9.17, 15) is 0 Å². The van der Waals surface area contributed by atoms with Crippen LogP contribution in [-0.4, -0.2) is 23.4 Å². The molecule has 1 aromatic heterocycles. The second kappa shape index (κ2) is 6.22. The van der Waals surface area contributed by atoms with Crippen molar-refractivity contribution in [1.82, 2.24) is 15.6 Å². The molecule has 0 radical (unpaired) electrons. The first-order valence-electron chi connectivity index (χ1n) is 6.63. The van der Waals surface area contributed by atoms with Crippen molar-refractivity contribution >= 4 is 0 Å². The first kappa shape index (κ1) is 13.4. The Kier molecular flexibility index (Phi) is 4.63. The van der Waals surface area contributed by atoms with Gasteiger partial charge in [-0.15, -0.1) is 0 Å². The van der Waals surface area contributed by atoms with Gasteiger partial charge in [0.25, 0.3) is 0 Å². The highest BCUT2D eigenvalue weighted by atomic mass is 16.5. The van der Waals surface area contributed by atoms with Gasteiger partial charge in [0, 0.05) is 12.5 Å². The third-order valence-electron chi connectivity index (χ3n) is 3.54. The summed E-state index contributed by atoms with van der Waals surface area (Å²) >= 11 is 0. The van der Waals surface area contributed by atoms with Crippen LogP contribution < -0.4 is 11.3 Å². The number of hydrogen-bond acceptors (Lipinski definition) is 5. The van der Waals surface area contributed by atoms with Crippen molar-refractivity contribution in [1.29, 1.82) is 0 Å². The second-order valence-electron chi connectivity index (χ2n) is 4.86. The monoisotopic (exact) mass is 250 g/mol. The number of nitrogens with zero attached hydrogens (tertiary/aromatic N) is 2. The fraction of sp³-hybridized carbons (Fsp3) is 0.692. The van der Waals surface area contributed by atoms with Crippen LogP contribution in [0.2, 0.25) is 0 Å². The second-order valence-corrected chi connectivity index (χ2v) is 4.86. The zero-order valence-corrected chi connectivity index (χ0v) is 11.1. The van der Waals surface area contributed by atoms with E-state index in [1.807, 2.05) is 6.92 Å². The van der Waals surface area contributed by atoms with Crippen LogP contribution in [0.15, 0.2) is 6.07 Å². The maximum absolute atomic E-state index is 5.76. The maximum Gasteiger partial charge on any atom is 0.0676 e. The summed E-state index contributed by atoms with van der Waals surface area (Å²) in [6.45, 7) is 5.68. The van der Waals surface area contributed by atoms with E-state index in [4.69, 9.17) is 10.6 Å². The molecule has 3 N–H and O–H groups in total. The van der Waals surface area contributed by atoms with Gasteiger partial charge in [0.2, 0.25) is 0 Å². The Hall–Kier alpha value is -1.04. The molecule has 5 nitrogen and oxygen atoms in total. The van der Waals surface area contributed by atoms with E-state index < -0.39 is 0 Å². The molecule has 100 valence electrons. The standard InChI is InChI=1S/C13H22N4O/c1-3-12-11(7-9(2)16-17-12)13(15-14)10-5-4-6-18-8-10/h7,10,13,15H,3-6,8,14H2,1-2H3. The summed E-state index contributed by atoms with van der Waals surface area (Å²) in [4.78, 5) is 0. The Morgan fingerprint density at radius 1 is 1.56 bits per heavy atom. The predicted octanol–water partition coefficient (Wildman–Crippen LogP) is 1.28. The van der Waals surface area contributed by atoms with Gasteiger partial charge in [0.15, 0.2) is 0 Å². The number of nitrogens with one attached hydrogen (secondary N) is 1. The minimum atomic E-state index is 0.106. The Labute approximate surface area is 108 Å². The zero-order valence-electron chi connectivity index (χ0n) is 11.1. The van der Waals surface area contributed by atoms with Gasteiger partial charge in [-0.1, -0.05) is 6.92 Å². The number of aromatic nitrogens is 2. The van der Waals surface area contributed by atoms with Crippen LogP contribution in [0.4, 0.5) is 0 Å². The predicted molar refractivity (Wildman–Crippen MR) is 69.8 cm³/mol. The first-order valence-corrected chi connectivity index (χ1v) is 6.63. The molecule has 2 unspecified atom stereocenters. The lowest BCUT2D eigenvalue weighted by Gasteiger charge is -2.30. The van der Waals surface area contributed by atoms with Crippen LogP contribution in [0.1, 0.15) is 42.8 Å². The van der Waals surface area contributed by atoms with Crippen molar-refractivity contribution in [3.8, 4) is 0 Å². The molecule has 1 fully saturated rings.